The second-order valence-electron chi connectivity index (χ2n) is 4.48. The van der Waals surface area contributed by atoms with Gasteiger partial charge in [-0.05, 0) is 33.4 Å². The summed E-state index contributed by atoms with van der Waals surface area (Å²) in [6, 6.07) is 9.97. The molecule has 0 heterocycles. The molecule has 3 heteroatoms. The van der Waals surface area contributed by atoms with Crippen LogP contribution in [-0.2, 0) is 4.79 Å². The van der Waals surface area contributed by atoms with E-state index < -0.39 is 5.54 Å². The molecule has 88 valence electrons. The highest BCUT2D eigenvalue weighted by atomic mass is 16.2. The van der Waals surface area contributed by atoms with Crippen LogP contribution >= 0.6 is 0 Å². The second kappa shape index (κ2) is 5.12. The minimum absolute atomic E-state index is 0.00588. The third kappa shape index (κ3) is 3.07. The summed E-state index contributed by atoms with van der Waals surface area (Å²) in [7, 11) is 1.78. The van der Waals surface area contributed by atoms with Crippen LogP contribution in [0.3, 0.4) is 0 Å². The predicted molar refractivity (Wildman–Crippen MR) is 66.1 cm³/mol. The van der Waals surface area contributed by atoms with Gasteiger partial charge in [-0.1, -0.05) is 30.3 Å². The van der Waals surface area contributed by atoms with Gasteiger partial charge in [0, 0.05) is 0 Å². The highest BCUT2D eigenvalue weighted by molar-refractivity contribution is 5.85. The normalized spacial score (nSPS) is 13.2. The molecule has 1 rings (SSSR count). The van der Waals surface area contributed by atoms with Gasteiger partial charge >= 0.3 is 0 Å². The molecule has 0 saturated heterocycles. The molecule has 16 heavy (non-hydrogen) atoms. The number of benzene rings is 1. The van der Waals surface area contributed by atoms with Crippen LogP contribution in [0.15, 0.2) is 30.3 Å². The predicted octanol–water partition coefficient (Wildman–Crippen LogP) is 1.86. The molecule has 1 atom stereocenters. The van der Waals surface area contributed by atoms with Crippen LogP contribution in [0.1, 0.15) is 32.4 Å². The number of amides is 1. The van der Waals surface area contributed by atoms with Gasteiger partial charge in [-0.3, -0.25) is 4.79 Å². The lowest BCUT2D eigenvalue weighted by Crippen LogP contribution is -2.51. The van der Waals surface area contributed by atoms with Crippen LogP contribution in [0.5, 0.6) is 0 Å². The Bertz CT molecular complexity index is 346. The van der Waals surface area contributed by atoms with E-state index in [9.17, 15) is 4.79 Å². The molecule has 0 spiro atoms. The zero-order chi connectivity index (χ0) is 12.2. The van der Waals surface area contributed by atoms with Crippen LogP contribution in [0.25, 0.3) is 0 Å². The summed E-state index contributed by atoms with van der Waals surface area (Å²) in [5, 5.41) is 5.97. The van der Waals surface area contributed by atoms with E-state index in [1.165, 1.54) is 0 Å². The Morgan fingerprint density at radius 3 is 2.31 bits per heavy atom. The maximum absolute atomic E-state index is 11.9. The molecular weight excluding hydrogens is 200 g/mol. The number of rotatable bonds is 4. The smallest absolute Gasteiger partial charge is 0.240 e. The zero-order valence-corrected chi connectivity index (χ0v) is 10.4. The van der Waals surface area contributed by atoms with E-state index in [0.717, 1.165) is 5.56 Å². The SMILES string of the molecule is CNC(C)(C)C(=O)N[C@H](C)c1ccccc1. The zero-order valence-electron chi connectivity index (χ0n) is 10.4. The highest BCUT2D eigenvalue weighted by Crippen LogP contribution is 2.12. The number of hydrogen-bond donors (Lipinski definition) is 2. The summed E-state index contributed by atoms with van der Waals surface area (Å²) in [6.45, 7) is 5.71. The van der Waals surface area contributed by atoms with E-state index in [1.54, 1.807) is 7.05 Å². The third-order valence-electron chi connectivity index (χ3n) is 2.84. The van der Waals surface area contributed by atoms with Crippen LogP contribution in [0.2, 0.25) is 0 Å². The van der Waals surface area contributed by atoms with E-state index >= 15 is 0 Å². The Kier molecular flexibility index (Phi) is 4.07. The molecule has 1 aromatic rings. The standard InChI is InChI=1S/C13H20N2O/c1-10(11-8-6-5-7-9-11)15-12(16)13(2,3)14-4/h5-10,14H,1-4H3,(H,15,16)/t10-/m1/s1. The van der Waals surface area contributed by atoms with Gasteiger partial charge in [0.1, 0.15) is 0 Å². The number of likely N-dealkylation sites (N-methyl/N-ethyl adjacent to an activating group) is 1. The third-order valence-corrected chi connectivity index (χ3v) is 2.84. The molecule has 2 N–H and O–H groups in total. The number of carbonyl (C=O) groups excluding carboxylic acids is 1. The van der Waals surface area contributed by atoms with Crippen LogP contribution in [0, 0.1) is 0 Å². The van der Waals surface area contributed by atoms with Gasteiger partial charge in [-0.15, -0.1) is 0 Å². The molecule has 1 amide bonds. The van der Waals surface area contributed by atoms with Crippen LogP contribution < -0.4 is 10.6 Å². The molecule has 0 aliphatic heterocycles. The lowest BCUT2D eigenvalue weighted by atomic mass is 10.0. The molecule has 0 saturated carbocycles. The van der Waals surface area contributed by atoms with Crippen molar-refractivity contribution in [3.8, 4) is 0 Å². The molecular formula is C13H20N2O. The van der Waals surface area contributed by atoms with Crippen molar-refractivity contribution in [2.24, 2.45) is 0 Å². The lowest BCUT2D eigenvalue weighted by Gasteiger charge is -2.25. The van der Waals surface area contributed by atoms with Gasteiger partial charge in [-0.25, -0.2) is 0 Å². The molecule has 1 aromatic carbocycles. The Balaban J connectivity index is 2.66. The topological polar surface area (TPSA) is 41.1 Å². The second-order valence-corrected chi connectivity index (χ2v) is 4.48. The average molecular weight is 220 g/mol. The molecule has 0 aromatic heterocycles. The van der Waals surface area contributed by atoms with E-state index in [4.69, 9.17) is 0 Å². The van der Waals surface area contributed by atoms with Crippen molar-refractivity contribution in [2.75, 3.05) is 7.05 Å². The van der Waals surface area contributed by atoms with E-state index in [1.807, 2.05) is 51.1 Å². The first-order valence-corrected chi connectivity index (χ1v) is 5.52. The quantitative estimate of drug-likeness (QED) is 0.813. The Hall–Kier alpha value is -1.35. The van der Waals surface area contributed by atoms with Crippen molar-refractivity contribution in [3.05, 3.63) is 35.9 Å². The molecule has 0 aliphatic rings. The first kappa shape index (κ1) is 12.7. The summed E-state index contributed by atoms with van der Waals surface area (Å²) in [5.74, 6) is 0.00588. The largest absolute Gasteiger partial charge is 0.348 e. The van der Waals surface area contributed by atoms with E-state index in [-0.39, 0.29) is 11.9 Å². The fourth-order valence-corrected chi connectivity index (χ4v) is 1.32. The monoisotopic (exact) mass is 220 g/mol. The van der Waals surface area contributed by atoms with Gasteiger partial charge in [-0.2, -0.15) is 0 Å². The number of carbonyl (C=O) groups is 1. The van der Waals surface area contributed by atoms with Crippen molar-refractivity contribution in [1.82, 2.24) is 10.6 Å². The van der Waals surface area contributed by atoms with E-state index in [2.05, 4.69) is 10.6 Å². The summed E-state index contributed by atoms with van der Waals surface area (Å²) in [6.07, 6.45) is 0. The van der Waals surface area contributed by atoms with Gasteiger partial charge in [0.25, 0.3) is 0 Å². The first-order valence-electron chi connectivity index (χ1n) is 5.52. The van der Waals surface area contributed by atoms with E-state index in [0.29, 0.717) is 0 Å². The van der Waals surface area contributed by atoms with Crippen molar-refractivity contribution in [1.29, 1.82) is 0 Å². The van der Waals surface area contributed by atoms with Crippen molar-refractivity contribution in [2.45, 2.75) is 32.4 Å². The van der Waals surface area contributed by atoms with Crippen molar-refractivity contribution >= 4 is 5.91 Å². The maximum Gasteiger partial charge on any atom is 0.240 e. The molecule has 0 bridgehead atoms. The molecule has 3 nitrogen and oxygen atoms in total. The fourth-order valence-electron chi connectivity index (χ4n) is 1.32. The summed E-state index contributed by atoms with van der Waals surface area (Å²) >= 11 is 0. The van der Waals surface area contributed by atoms with Crippen LogP contribution in [0.4, 0.5) is 0 Å². The highest BCUT2D eigenvalue weighted by Gasteiger charge is 2.26. The van der Waals surface area contributed by atoms with Gasteiger partial charge < -0.3 is 10.6 Å². The Morgan fingerprint density at radius 1 is 1.25 bits per heavy atom. The molecule has 0 aliphatic carbocycles. The lowest BCUT2D eigenvalue weighted by molar-refractivity contribution is -0.126. The van der Waals surface area contributed by atoms with Gasteiger partial charge in [0.15, 0.2) is 0 Å². The van der Waals surface area contributed by atoms with Crippen molar-refractivity contribution < 1.29 is 4.79 Å². The van der Waals surface area contributed by atoms with Crippen LogP contribution in [-0.4, -0.2) is 18.5 Å². The average Bonchev–Trinajstić information content (AvgIpc) is 2.30. The minimum atomic E-state index is -0.539. The van der Waals surface area contributed by atoms with Gasteiger partial charge in [0.05, 0.1) is 11.6 Å². The van der Waals surface area contributed by atoms with Crippen molar-refractivity contribution in [3.63, 3.8) is 0 Å². The summed E-state index contributed by atoms with van der Waals surface area (Å²) in [4.78, 5) is 11.9. The summed E-state index contributed by atoms with van der Waals surface area (Å²) < 4.78 is 0. The molecule has 0 unspecified atom stereocenters. The number of hydrogen-bond acceptors (Lipinski definition) is 2. The minimum Gasteiger partial charge on any atom is -0.348 e. The molecule has 0 radical (unpaired) electrons. The number of nitrogens with one attached hydrogen (secondary N) is 2. The maximum atomic E-state index is 11.9. The molecule has 0 fully saturated rings. The fraction of sp³-hybridized carbons (Fsp3) is 0.462. The van der Waals surface area contributed by atoms with Gasteiger partial charge in [0.2, 0.25) is 5.91 Å². The summed E-state index contributed by atoms with van der Waals surface area (Å²) in [5.41, 5.74) is 0.575. The Morgan fingerprint density at radius 2 is 1.81 bits per heavy atom. The Labute approximate surface area is 97.2 Å². The first-order chi connectivity index (χ1) is 7.47.